The Labute approximate surface area is 216 Å². The Bertz CT molecular complexity index is 1570. The Kier molecular flexibility index (Phi) is 6.40. The fourth-order valence-electron chi connectivity index (χ4n) is 4.29. The Hall–Kier alpha value is -5.31. The number of amides is 1. The molecule has 1 N–H and O–H groups in total. The van der Waals surface area contributed by atoms with E-state index in [-0.39, 0.29) is 22.5 Å². The minimum absolute atomic E-state index is 0.120. The third kappa shape index (κ3) is 4.60. The highest BCUT2D eigenvalue weighted by atomic mass is 19.1. The van der Waals surface area contributed by atoms with Gasteiger partial charge in [0.05, 0.1) is 16.5 Å². The number of hydrogen-bond acceptors (Lipinski definition) is 6. The standard InChI is InChI=1S/C29H19FN2O6/c30-20-11-15-21(16-12-20)31-26(19-5-4-8-24(17-19)38-23-6-2-1-3-7-23)25(28(34)29(31)35)27(33)18-9-13-22(14-10-18)32(36)37/h1-17,26,33H/b27-25+. The Morgan fingerprint density at radius 1 is 0.868 bits per heavy atom. The number of carbonyl (C=O) groups excluding carboxylic acids is 2. The molecule has 4 aromatic carbocycles. The minimum Gasteiger partial charge on any atom is -0.507 e. The summed E-state index contributed by atoms with van der Waals surface area (Å²) < 4.78 is 19.6. The Morgan fingerprint density at radius 3 is 2.18 bits per heavy atom. The van der Waals surface area contributed by atoms with Crippen LogP contribution in [0.3, 0.4) is 0 Å². The number of anilines is 1. The predicted octanol–water partition coefficient (Wildman–Crippen LogP) is 6.15. The number of non-ortho nitro benzene ring substituents is 1. The molecule has 1 heterocycles. The monoisotopic (exact) mass is 510 g/mol. The number of benzene rings is 4. The van der Waals surface area contributed by atoms with Crippen molar-refractivity contribution in [3.63, 3.8) is 0 Å². The lowest BCUT2D eigenvalue weighted by molar-refractivity contribution is -0.384. The molecular formula is C29H19FN2O6. The van der Waals surface area contributed by atoms with Crippen molar-refractivity contribution >= 4 is 28.8 Å². The number of aliphatic hydroxyl groups is 1. The Balaban J connectivity index is 1.65. The molecule has 1 amide bonds. The molecule has 0 saturated carbocycles. The minimum atomic E-state index is -1.09. The average Bonchev–Trinajstić information content (AvgIpc) is 3.19. The first-order valence-corrected chi connectivity index (χ1v) is 11.5. The number of ether oxygens (including phenoxy) is 1. The quantitative estimate of drug-likeness (QED) is 0.109. The summed E-state index contributed by atoms with van der Waals surface area (Å²) in [4.78, 5) is 38.2. The number of aliphatic hydroxyl groups excluding tert-OH is 1. The van der Waals surface area contributed by atoms with Crippen molar-refractivity contribution in [2.75, 3.05) is 4.90 Å². The normalized spacial score (nSPS) is 16.4. The van der Waals surface area contributed by atoms with Crippen molar-refractivity contribution < 1.29 is 28.7 Å². The largest absolute Gasteiger partial charge is 0.507 e. The van der Waals surface area contributed by atoms with E-state index in [1.54, 1.807) is 36.4 Å². The zero-order valence-corrected chi connectivity index (χ0v) is 19.7. The number of nitro benzene ring substituents is 1. The zero-order chi connectivity index (χ0) is 26.8. The lowest BCUT2D eigenvalue weighted by Crippen LogP contribution is -2.29. The summed E-state index contributed by atoms with van der Waals surface area (Å²) in [5.74, 6) is -1.89. The fraction of sp³-hybridized carbons (Fsp3) is 0.0345. The van der Waals surface area contributed by atoms with Crippen LogP contribution in [0, 0.1) is 15.9 Å². The van der Waals surface area contributed by atoms with E-state index in [4.69, 9.17) is 4.74 Å². The maximum Gasteiger partial charge on any atom is 0.300 e. The van der Waals surface area contributed by atoms with E-state index in [0.29, 0.717) is 17.1 Å². The molecule has 5 rings (SSSR count). The lowest BCUT2D eigenvalue weighted by atomic mass is 9.95. The highest BCUT2D eigenvalue weighted by Gasteiger charge is 2.47. The second-order valence-corrected chi connectivity index (χ2v) is 8.44. The summed E-state index contributed by atoms with van der Waals surface area (Å²) in [5, 5.41) is 22.2. The van der Waals surface area contributed by atoms with Crippen LogP contribution in [0.25, 0.3) is 5.76 Å². The summed E-state index contributed by atoms with van der Waals surface area (Å²) >= 11 is 0. The van der Waals surface area contributed by atoms with Gasteiger partial charge in [0.15, 0.2) is 0 Å². The van der Waals surface area contributed by atoms with Crippen LogP contribution < -0.4 is 9.64 Å². The van der Waals surface area contributed by atoms with E-state index in [2.05, 4.69) is 0 Å². The maximum atomic E-state index is 13.7. The molecule has 1 atom stereocenters. The van der Waals surface area contributed by atoms with Crippen molar-refractivity contribution in [3.05, 3.63) is 136 Å². The van der Waals surface area contributed by atoms with Crippen molar-refractivity contribution in [1.29, 1.82) is 0 Å². The number of para-hydroxylation sites is 1. The van der Waals surface area contributed by atoms with Crippen LogP contribution in [-0.4, -0.2) is 21.7 Å². The fourth-order valence-corrected chi connectivity index (χ4v) is 4.29. The molecule has 188 valence electrons. The molecular weight excluding hydrogens is 491 g/mol. The summed E-state index contributed by atoms with van der Waals surface area (Å²) in [6, 6.07) is 24.7. The van der Waals surface area contributed by atoms with Crippen LogP contribution >= 0.6 is 0 Å². The SMILES string of the molecule is O=C1C(=O)N(c2ccc(F)cc2)C(c2cccc(Oc3ccccc3)c2)/C1=C(\O)c1ccc([N+](=O)[O-])cc1. The van der Waals surface area contributed by atoms with Crippen molar-refractivity contribution in [3.8, 4) is 11.5 Å². The topological polar surface area (TPSA) is 110 Å². The Morgan fingerprint density at radius 2 is 1.53 bits per heavy atom. The number of nitrogens with zero attached hydrogens (tertiary/aromatic N) is 2. The van der Waals surface area contributed by atoms with Crippen LogP contribution in [0.4, 0.5) is 15.8 Å². The molecule has 0 aromatic heterocycles. The number of rotatable bonds is 6. The summed E-state index contributed by atoms with van der Waals surface area (Å²) in [6.45, 7) is 0. The molecule has 1 unspecified atom stereocenters. The second kappa shape index (κ2) is 9.98. The van der Waals surface area contributed by atoms with Crippen LogP contribution in [0.15, 0.2) is 109 Å². The van der Waals surface area contributed by atoms with E-state index in [9.17, 15) is 29.2 Å². The van der Waals surface area contributed by atoms with Crippen LogP contribution in [0.2, 0.25) is 0 Å². The van der Waals surface area contributed by atoms with Crippen molar-refractivity contribution in [1.82, 2.24) is 0 Å². The average molecular weight is 510 g/mol. The van der Waals surface area contributed by atoms with Gasteiger partial charge >= 0.3 is 0 Å². The van der Waals surface area contributed by atoms with Gasteiger partial charge < -0.3 is 9.84 Å². The molecule has 0 radical (unpaired) electrons. The van der Waals surface area contributed by atoms with Gasteiger partial charge in [-0.05, 0) is 66.2 Å². The molecule has 1 aliphatic heterocycles. The first-order chi connectivity index (χ1) is 18.3. The zero-order valence-electron chi connectivity index (χ0n) is 19.7. The van der Waals surface area contributed by atoms with Gasteiger partial charge in [-0.3, -0.25) is 24.6 Å². The first-order valence-electron chi connectivity index (χ1n) is 11.5. The van der Waals surface area contributed by atoms with Gasteiger partial charge in [-0.15, -0.1) is 0 Å². The lowest BCUT2D eigenvalue weighted by Gasteiger charge is -2.25. The van der Waals surface area contributed by atoms with Gasteiger partial charge in [-0.1, -0.05) is 30.3 Å². The molecule has 0 aliphatic carbocycles. The summed E-state index contributed by atoms with van der Waals surface area (Å²) in [5.41, 5.74) is 0.399. The van der Waals surface area contributed by atoms with E-state index in [1.165, 1.54) is 41.3 Å². The molecule has 0 spiro atoms. The molecule has 1 fully saturated rings. The molecule has 1 aliphatic rings. The predicted molar refractivity (Wildman–Crippen MR) is 137 cm³/mol. The van der Waals surface area contributed by atoms with E-state index in [1.807, 2.05) is 18.2 Å². The molecule has 9 heteroatoms. The maximum absolute atomic E-state index is 13.7. The van der Waals surface area contributed by atoms with E-state index >= 15 is 0 Å². The van der Waals surface area contributed by atoms with Crippen LogP contribution in [0.1, 0.15) is 17.2 Å². The van der Waals surface area contributed by atoms with Gasteiger partial charge in [-0.2, -0.15) is 0 Å². The van der Waals surface area contributed by atoms with Gasteiger partial charge in [0.25, 0.3) is 17.4 Å². The molecule has 4 aromatic rings. The number of ketones is 1. The molecule has 0 bridgehead atoms. The highest BCUT2D eigenvalue weighted by Crippen LogP contribution is 2.43. The van der Waals surface area contributed by atoms with Gasteiger partial charge in [0.2, 0.25) is 0 Å². The van der Waals surface area contributed by atoms with Crippen LogP contribution in [-0.2, 0) is 9.59 Å². The third-order valence-corrected chi connectivity index (χ3v) is 6.05. The van der Waals surface area contributed by atoms with Gasteiger partial charge in [-0.25, -0.2) is 4.39 Å². The first kappa shape index (κ1) is 24.4. The second-order valence-electron chi connectivity index (χ2n) is 8.44. The smallest absolute Gasteiger partial charge is 0.300 e. The number of Topliss-reactive ketones (excluding diaryl/α,β-unsaturated/α-hetero) is 1. The van der Waals surface area contributed by atoms with E-state index in [0.717, 1.165) is 12.1 Å². The molecule has 8 nitrogen and oxygen atoms in total. The van der Waals surface area contributed by atoms with Gasteiger partial charge in [0, 0.05) is 23.4 Å². The number of carbonyl (C=O) groups is 2. The van der Waals surface area contributed by atoms with E-state index < -0.39 is 34.2 Å². The highest BCUT2D eigenvalue weighted by molar-refractivity contribution is 6.51. The third-order valence-electron chi connectivity index (χ3n) is 6.05. The van der Waals surface area contributed by atoms with Gasteiger partial charge in [0.1, 0.15) is 23.1 Å². The summed E-state index contributed by atoms with van der Waals surface area (Å²) in [6.07, 6.45) is 0. The number of nitro groups is 1. The van der Waals surface area contributed by atoms with Crippen molar-refractivity contribution in [2.45, 2.75) is 6.04 Å². The molecule has 38 heavy (non-hydrogen) atoms. The summed E-state index contributed by atoms with van der Waals surface area (Å²) in [7, 11) is 0. The number of hydrogen-bond donors (Lipinski definition) is 1. The van der Waals surface area contributed by atoms with Crippen LogP contribution in [0.5, 0.6) is 11.5 Å². The molecule has 1 saturated heterocycles. The van der Waals surface area contributed by atoms with Crippen molar-refractivity contribution in [2.24, 2.45) is 0 Å². The number of halogens is 1.